The fourth-order valence-electron chi connectivity index (χ4n) is 3.19. The van der Waals surface area contributed by atoms with E-state index in [2.05, 4.69) is 12.2 Å². The van der Waals surface area contributed by atoms with Gasteiger partial charge in [-0.2, -0.15) is 0 Å². The van der Waals surface area contributed by atoms with Crippen LogP contribution < -0.4 is 0 Å². The summed E-state index contributed by atoms with van der Waals surface area (Å²) in [6, 6.07) is 0. The van der Waals surface area contributed by atoms with Crippen LogP contribution in [-0.2, 0) is 19.1 Å². The smallest absolute Gasteiger partial charge is 0.348 e. The van der Waals surface area contributed by atoms with Gasteiger partial charge in [0, 0.05) is 5.41 Å². The van der Waals surface area contributed by atoms with E-state index in [9.17, 15) is 9.59 Å². The van der Waals surface area contributed by atoms with Crippen LogP contribution in [0.15, 0.2) is 12.2 Å². The molecule has 0 spiro atoms. The average molecular weight is 250 g/mol. The molecular formula is C14H18O4. The summed E-state index contributed by atoms with van der Waals surface area (Å²) in [5, 5.41) is 0. The maximum atomic E-state index is 12.2. The molecule has 0 radical (unpaired) electrons. The molecule has 0 aromatic heterocycles. The van der Waals surface area contributed by atoms with E-state index in [0.29, 0.717) is 18.4 Å². The highest BCUT2D eigenvalue weighted by Gasteiger charge is 2.49. The number of carbonyl (C=O) groups excluding carboxylic acids is 2. The molecule has 4 atom stereocenters. The molecule has 0 amide bonds. The summed E-state index contributed by atoms with van der Waals surface area (Å²) < 4.78 is 10.4. The Morgan fingerprint density at radius 2 is 2.17 bits per heavy atom. The Hall–Kier alpha value is -1.32. The minimum absolute atomic E-state index is 0.0656. The molecule has 18 heavy (non-hydrogen) atoms. The summed E-state index contributed by atoms with van der Waals surface area (Å²) in [4.78, 5) is 23.7. The molecule has 4 nitrogen and oxygen atoms in total. The lowest BCUT2D eigenvalue weighted by molar-refractivity contribution is -0.167. The largest absolute Gasteiger partial charge is 0.462 e. The molecule has 0 unspecified atom stereocenters. The number of carbonyl (C=O) groups is 2. The van der Waals surface area contributed by atoms with Crippen LogP contribution in [0.1, 0.15) is 26.7 Å². The Kier molecular flexibility index (Phi) is 2.50. The number of rotatable bonds is 2. The van der Waals surface area contributed by atoms with Gasteiger partial charge in [0.1, 0.15) is 6.61 Å². The quantitative estimate of drug-likeness (QED) is 0.553. The van der Waals surface area contributed by atoms with Crippen molar-refractivity contribution >= 4 is 11.9 Å². The standard InChI is InChI=1S/C14H18O4/c1-14(2)7-17-13(16)11(14)18-12(15)10-6-8-3-4-9(10)5-8/h3-4,8-11H,5-7H2,1-2H3/t8-,9+,10-,11-/m0/s1. The van der Waals surface area contributed by atoms with Crippen LogP contribution in [0.4, 0.5) is 0 Å². The predicted octanol–water partition coefficient (Wildman–Crippen LogP) is 1.69. The maximum absolute atomic E-state index is 12.2. The maximum Gasteiger partial charge on any atom is 0.348 e. The van der Waals surface area contributed by atoms with Gasteiger partial charge in [-0.1, -0.05) is 26.0 Å². The number of ether oxygens (including phenoxy) is 2. The molecule has 1 aliphatic heterocycles. The lowest BCUT2D eigenvalue weighted by Gasteiger charge is -2.24. The van der Waals surface area contributed by atoms with Gasteiger partial charge in [0.05, 0.1) is 5.92 Å². The zero-order valence-corrected chi connectivity index (χ0v) is 10.7. The SMILES string of the molecule is CC1(C)COC(=O)[C@@H]1OC(=O)[C@H]1C[C@H]2C=C[C@@H]1C2. The molecule has 0 aromatic carbocycles. The Morgan fingerprint density at radius 3 is 2.67 bits per heavy atom. The van der Waals surface area contributed by atoms with Crippen LogP contribution in [0.25, 0.3) is 0 Å². The number of esters is 2. The van der Waals surface area contributed by atoms with Gasteiger partial charge in [-0.05, 0) is 24.7 Å². The van der Waals surface area contributed by atoms with Crippen LogP contribution in [0.2, 0.25) is 0 Å². The predicted molar refractivity (Wildman–Crippen MR) is 63.5 cm³/mol. The average Bonchev–Trinajstić information content (AvgIpc) is 2.99. The van der Waals surface area contributed by atoms with Crippen molar-refractivity contribution in [2.75, 3.05) is 6.61 Å². The topological polar surface area (TPSA) is 52.6 Å². The molecule has 2 bridgehead atoms. The monoisotopic (exact) mass is 250 g/mol. The van der Waals surface area contributed by atoms with Crippen molar-refractivity contribution in [2.45, 2.75) is 32.8 Å². The van der Waals surface area contributed by atoms with Crippen LogP contribution in [0, 0.1) is 23.2 Å². The van der Waals surface area contributed by atoms with Gasteiger partial charge < -0.3 is 9.47 Å². The summed E-state index contributed by atoms with van der Waals surface area (Å²) in [6.07, 6.45) is 5.47. The molecule has 0 aromatic rings. The van der Waals surface area contributed by atoms with Crippen molar-refractivity contribution in [2.24, 2.45) is 23.2 Å². The first kappa shape index (κ1) is 11.8. The van der Waals surface area contributed by atoms with E-state index < -0.39 is 17.5 Å². The third kappa shape index (κ3) is 1.74. The Balaban J connectivity index is 1.68. The van der Waals surface area contributed by atoms with Gasteiger partial charge in [-0.25, -0.2) is 4.79 Å². The van der Waals surface area contributed by atoms with E-state index in [1.807, 2.05) is 13.8 Å². The van der Waals surface area contributed by atoms with E-state index in [0.717, 1.165) is 12.8 Å². The lowest BCUT2D eigenvalue weighted by Crippen LogP contribution is -2.37. The molecule has 1 heterocycles. The van der Waals surface area contributed by atoms with Crippen molar-refractivity contribution in [1.82, 2.24) is 0 Å². The fourth-order valence-corrected chi connectivity index (χ4v) is 3.19. The number of fused-ring (bicyclic) bond motifs is 2. The van der Waals surface area contributed by atoms with Gasteiger partial charge in [0.15, 0.2) is 0 Å². The Bertz CT molecular complexity index is 424. The minimum Gasteiger partial charge on any atom is -0.462 e. The summed E-state index contributed by atoms with van der Waals surface area (Å²) in [6.45, 7) is 4.09. The highest BCUT2D eigenvalue weighted by molar-refractivity contribution is 5.83. The summed E-state index contributed by atoms with van der Waals surface area (Å²) >= 11 is 0. The van der Waals surface area contributed by atoms with Gasteiger partial charge in [-0.3, -0.25) is 4.79 Å². The summed E-state index contributed by atoms with van der Waals surface area (Å²) in [5.41, 5.74) is -0.416. The first-order chi connectivity index (χ1) is 8.47. The van der Waals surface area contributed by atoms with Gasteiger partial charge >= 0.3 is 11.9 Å². The first-order valence-corrected chi connectivity index (χ1v) is 6.53. The van der Waals surface area contributed by atoms with Gasteiger partial charge in [-0.15, -0.1) is 0 Å². The summed E-state index contributed by atoms with van der Waals surface area (Å²) in [5.74, 6) is 0.124. The number of cyclic esters (lactones) is 1. The normalized spacial score (nSPS) is 40.0. The van der Waals surface area contributed by atoms with Gasteiger partial charge in [0.2, 0.25) is 6.10 Å². The van der Waals surface area contributed by atoms with Crippen molar-refractivity contribution in [3.05, 3.63) is 12.2 Å². The molecular weight excluding hydrogens is 232 g/mol. The lowest BCUT2D eigenvalue weighted by atomic mass is 9.89. The molecule has 1 saturated carbocycles. The molecule has 3 rings (SSSR count). The van der Waals surface area contributed by atoms with Crippen molar-refractivity contribution in [3.63, 3.8) is 0 Å². The molecule has 2 fully saturated rings. The van der Waals surface area contributed by atoms with Crippen molar-refractivity contribution < 1.29 is 19.1 Å². The molecule has 0 N–H and O–H groups in total. The Labute approximate surface area is 106 Å². The zero-order valence-electron chi connectivity index (χ0n) is 10.7. The van der Waals surface area contributed by atoms with Crippen LogP contribution in [0.5, 0.6) is 0 Å². The Morgan fingerprint density at radius 1 is 1.39 bits per heavy atom. The minimum atomic E-state index is -0.742. The van der Waals surface area contributed by atoms with E-state index in [4.69, 9.17) is 9.47 Å². The first-order valence-electron chi connectivity index (χ1n) is 6.53. The highest BCUT2D eigenvalue weighted by atomic mass is 16.6. The molecule has 2 aliphatic carbocycles. The number of hydrogen-bond acceptors (Lipinski definition) is 4. The molecule has 3 aliphatic rings. The molecule has 98 valence electrons. The number of allylic oxidation sites excluding steroid dienone is 2. The highest BCUT2D eigenvalue weighted by Crippen LogP contribution is 2.44. The van der Waals surface area contributed by atoms with Crippen LogP contribution in [0.3, 0.4) is 0 Å². The van der Waals surface area contributed by atoms with Crippen molar-refractivity contribution in [1.29, 1.82) is 0 Å². The fraction of sp³-hybridized carbons (Fsp3) is 0.714. The third-order valence-electron chi connectivity index (χ3n) is 4.33. The van der Waals surface area contributed by atoms with Crippen LogP contribution in [-0.4, -0.2) is 24.6 Å². The molecule has 1 saturated heterocycles. The third-order valence-corrected chi connectivity index (χ3v) is 4.33. The second-order valence-electron chi connectivity index (χ2n) is 6.30. The van der Waals surface area contributed by atoms with Gasteiger partial charge in [0.25, 0.3) is 0 Å². The van der Waals surface area contributed by atoms with E-state index in [-0.39, 0.29) is 11.9 Å². The van der Waals surface area contributed by atoms with Crippen molar-refractivity contribution in [3.8, 4) is 0 Å². The second-order valence-corrected chi connectivity index (χ2v) is 6.30. The van der Waals surface area contributed by atoms with E-state index >= 15 is 0 Å². The second kappa shape index (κ2) is 3.84. The van der Waals surface area contributed by atoms with E-state index in [1.54, 1.807) is 0 Å². The van der Waals surface area contributed by atoms with Crippen LogP contribution >= 0.6 is 0 Å². The molecule has 4 heteroatoms. The zero-order chi connectivity index (χ0) is 12.9. The number of hydrogen-bond donors (Lipinski definition) is 0. The summed E-state index contributed by atoms with van der Waals surface area (Å²) in [7, 11) is 0. The van der Waals surface area contributed by atoms with E-state index in [1.165, 1.54) is 0 Å².